The average molecular weight is 387 g/mol. The van der Waals surface area contributed by atoms with Gasteiger partial charge in [-0.3, -0.25) is 9.89 Å². The minimum atomic E-state index is -0.755. The van der Waals surface area contributed by atoms with Crippen LogP contribution in [-0.2, 0) is 4.74 Å². The molecule has 0 atom stereocenters. The summed E-state index contributed by atoms with van der Waals surface area (Å²) in [6, 6.07) is 4.94. The van der Waals surface area contributed by atoms with E-state index >= 15 is 0 Å². The van der Waals surface area contributed by atoms with Gasteiger partial charge in [-0.25, -0.2) is 0 Å². The number of aliphatic imine (C=N–C) groups is 1. The molecule has 0 saturated carbocycles. The fourth-order valence-corrected chi connectivity index (χ4v) is 4.57. The summed E-state index contributed by atoms with van der Waals surface area (Å²) in [4.78, 5) is 12.0. The van der Waals surface area contributed by atoms with Crippen LogP contribution in [0.15, 0.2) is 4.99 Å². The Morgan fingerprint density at radius 1 is 0.964 bits per heavy atom. The molecule has 154 valence electrons. The van der Waals surface area contributed by atoms with E-state index in [0.29, 0.717) is 18.4 Å². The second-order valence-corrected chi connectivity index (χ2v) is 8.05. The predicted molar refractivity (Wildman–Crippen MR) is 109 cm³/mol. The van der Waals surface area contributed by atoms with Gasteiger partial charge in [-0.15, -0.1) is 0 Å². The first-order valence-corrected chi connectivity index (χ1v) is 10.9. The van der Waals surface area contributed by atoms with E-state index in [0.717, 1.165) is 65.2 Å². The molecule has 0 unspecified atom stereocenters. The third-order valence-corrected chi connectivity index (χ3v) is 6.22. The third-order valence-electron chi connectivity index (χ3n) is 6.22. The van der Waals surface area contributed by atoms with E-state index in [9.17, 15) is 10.5 Å². The van der Waals surface area contributed by atoms with E-state index in [1.807, 2.05) is 0 Å². The first kappa shape index (κ1) is 21.0. The minimum absolute atomic E-state index is 0.654. The summed E-state index contributed by atoms with van der Waals surface area (Å²) in [5.74, 6) is -0.0565. The molecule has 0 bridgehead atoms. The van der Waals surface area contributed by atoms with Crippen LogP contribution in [0.25, 0.3) is 0 Å². The molecule has 3 rings (SSSR count). The number of nitriles is 2. The van der Waals surface area contributed by atoms with Gasteiger partial charge in [0, 0.05) is 45.3 Å². The van der Waals surface area contributed by atoms with Crippen molar-refractivity contribution in [1.82, 2.24) is 14.7 Å². The molecule has 0 spiro atoms. The van der Waals surface area contributed by atoms with E-state index in [4.69, 9.17) is 9.73 Å². The van der Waals surface area contributed by atoms with Crippen LogP contribution in [0.5, 0.6) is 0 Å². The lowest BCUT2D eigenvalue weighted by Crippen LogP contribution is -2.49. The SMILES string of the molecule is N#CC(C#N)C(=NCCCN1CCOCC1)N1CCC(N2CCCCC2)CC1. The molecule has 3 aliphatic heterocycles. The zero-order chi connectivity index (χ0) is 19.6. The molecule has 3 fully saturated rings. The van der Waals surface area contributed by atoms with Gasteiger partial charge in [-0.05, 0) is 45.2 Å². The Morgan fingerprint density at radius 2 is 1.64 bits per heavy atom. The number of piperidine rings is 2. The van der Waals surface area contributed by atoms with Crippen LogP contribution in [0.2, 0.25) is 0 Å². The van der Waals surface area contributed by atoms with Crippen LogP contribution in [0.3, 0.4) is 0 Å². The molecular weight excluding hydrogens is 352 g/mol. The second kappa shape index (κ2) is 11.4. The third kappa shape index (κ3) is 5.91. The van der Waals surface area contributed by atoms with Gasteiger partial charge in [0.05, 0.1) is 25.4 Å². The van der Waals surface area contributed by atoms with Crippen molar-refractivity contribution in [2.75, 3.05) is 65.6 Å². The normalized spacial score (nSPS) is 23.5. The topological polar surface area (TPSA) is 78.9 Å². The van der Waals surface area contributed by atoms with Crippen molar-refractivity contribution >= 4 is 5.84 Å². The number of ether oxygens (including phenoxy) is 1. The Morgan fingerprint density at radius 3 is 2.29 bits per heavy atom. The van der Waals surface area contributed by atoms with Crippen molar-refractivity contribution in [2.24, 2.45) is 10.9 Å². The summed E-state index contributed by atoms with van der Waals surface area (Å²) in [6.07, 6.45) is 7.18. The zero-order valence-electron chi connectivity index (χ0n) is 17.1. The van der Waals surface area contributed by atoms with Gasteiger partial charge in [0.2, 0.25) is 0 Å². The van der Waals surface area contributed by atoms with Crippen LogP contribution in [-0.4, -0.2) is 92.1 Å². The molecular formula is C21H34N6O. The second-order valence-electron chi connectivity index (χ2n) is 8.05. The molecule has 0 aliphatic carbocycles. The number of nitrogens with zero attached hydrogens (tertiary/aromatic N) is 6. The Labute approximate surface area is 169 Å². The standard InChI is InChI=1S/C21H34N6O/c22-17-19(18-23)21(24-7-4-8-25-13-15-28-16-14-25)27-11-5-20(6-12-27)26-9-2-1-3-10-26/h19-20H,1-16H2. The van der Waals surface area contributed by atoms with Crippen molar-refractivity contribution in [3.05, 3.63) is 0 Å². The number of morpholine rings is 1. The number of rotatable bonds is 6. The highest BCUT2D eigenvalue weighted by Crippen LogP contribution is 2.22. The summed E-state index contributed by atoms with van der Waals surface area (Å²) in [6.45, 7) is 9.54. The molecule has 0 aromatic heterocycles. The molecule has 3 heterocycles. The van der Waals surface area contributed by atoms with E-state index < -0.39 is 5.92 Å². The highest BCUT2D eigenvalue weighted by Gasteiger charge is 2.29. The summed E-state index contributed by atoms with van der Waals surface area (Å²) < 4.78 is 5.39. The van der Waals surface area contributed by atoms with E-state index in [1.54, 1.807) is 0 Å². The Kier molecular flexibility index (Phi) is 8.54. The van der Waals surface area contributed by atoms with Crippen LogP contribution in [0.4, 0.5) is 0 Å². The fraction of sp³-hybridized carbons (Fsp3) is 0.857. The van der Waals surface area contributed by atoms with Gasteiger partial charge >= 0.3 is 0 Å². The molecule has 7 heteroatoms. The van der Waals surface area contributed by atoms with E-state index in [-0.39, 0.29) is 0 Å². The van der Waals surface area contributed by atoms with Crippen molar-refractivity contribution in [1.29, 1.82) is 10.5 Å². The molecule has 7 nitrogen and oxygen atoms in total. The van der Waals surface area contributed by atoms with Crippen LogP contribution in [0, 0.1) is 28.6 Å². The van der Waals surface area contributed by atoms with Crippen molar-refractivity contribution < 1.29 is 4.74 Å². The number of amidine groups is 1. The smallest absolute Gasteiger partial charge is 0.189 e. The first-order chi connectivity index (χ1) is 13.8. The molecule has 0 radical (unpaired) electrons. The van der Waals surface area contributed by atoms with Gasteiger partial charge in [0.1, 0.15) is 5.84 Å². The largest absolute Gasteiger partial charge is 0.379 e. The van der Waals surface area contributed by atoms with Crippen LogP contribution < -0.4 is 0 Å². The van der Waals surface area contributed by atoms with Gasteiger partial charge in [0.25, 0.3) is 0 Å². The minimum Gasteiger partial charge on any atom is -0.379 e. The average Bonchev–Trinajstić information content (AvgIpc) is 2.77. The fourth-order valence-electron chi connectivity index (χ4n) is 4.57. The lowest BCUT2D eigenvalue weighted by atomic mass is 9.98. The highest BCUT2D eigenvalue weighted by molar-refractivity contribution is 5.89. The molecule has 3 saturated heterocycles. The maximum atomic E-state index is 9.43. The Bertz CT molecular complexity index is 561. The lowest BCUT2D eigenvalue weighted by molar-refractivity contribution is 0.0377. The van der Waals surface area contributed by atoms with E-state index in [1.165, 1.54) is 32.4 Å². The maximum Gasteiger partial charge on any atom is 0.189 e. The zero-order valence-corrected chi connectivity index (χ0v) is 17.1. The van der Waals surface area contributed by atoms with Crippen molar-refractivity contribution in [2.45, 2.75) is 44.6 Å². The van der Waals surface area contributed by atoms with Crippen molar-refractivity contribution in [3.8, 4) is 12.1 Å². The molecule has 0 aromatic carbocycles. The quantitative estimate of drug-likeness (QED) is 0.393. The molecule has 0 amide bonds. The summed E-state index contributed by atoms with van der Waals surface area (Å²) >= 11 is 0. The van der Waals surface area contributed by atoms with Gasteiger partial charge < -0.3 is 14.5 Å². The monoisotopic (exact) mass is 386 g/mol. The first-order valence-electron chi connectivity index (χ1n) is 10.9. The van der Waals surface area contributed by atoms with Crippen LogP contribution in [0.1, 0.15) is 38.5 Å². The number of likely N-dealkylation sites (tertiary alicyclic amines) is 2. The Balaban J connectivity index is 1.51. The summed E-state index contributed by atoms with van der Waals surface area (Å²) in [5, 5.41) is 18.9. The maximum absolute atomic E-state index is 9.43. The lowest BCUT2D eigenvalue weighted by Gasteiger charge is -2.41. The number of hydrogen-bond donors (Lipinski definition) is 0. The van der Waals surface area contributed by atoms with Crippen LogP contribution >= 0.6 is 0 Å². The van der Waals surface area contributed by atoms with Crippen molar-refractivity contribution in [3.63, 3.8) is 0 Å². The van der Waals surface area contributed by atoms with Gasteiger partial charge in [0.15, 0.2) is 5.92 Å². The highest BCUT2D eigenvalue weighted by atomic mass is 16.5. The molecule has 0 aromatic rings. The predicted octanol–water partition coefficient (Wildman–Crippen LogP) is 1.72. The van der Waals surface area contributed by atoms with Gasteiger partial charge in [-0.2, -0.15) is 10.5 Å². The Hall–Kier alpha value is -1.67. The molecule has 3 aliphatic rings. The molecule has 0 N–H and O–H groups in total. The summed E-state index contributed by atoms with van der Waals surface area (Å²) in [7, 11) is 0. The van der Waals surface area contributed by atoms with E-state index in [2.05, 4.69) is 26.8 Å². The number of hydrogen-bond acceptors (Lipinski definition) is 6. The molecule has 28 heavy (non-hydrogen) atoms. The summed E-state index contributed by atoms with van der Waals surface area (Å²) in [5.41, 5.74) is 0. The van der Waals surface area contributed by atoms with Gasteiger partial charge in [-0.1, -0.05) is 6.42 Å².